The summed E-state index contributed by atoms with van der Waals surface area (Å²) in [5.41, 5.74) is 6.64. The van der Waals surface area contributed by atoms with Crippen LogP contribution in [0.3, 0.4) is 0 Å². The zero-order valence-electron chi connectivity index (χ0n) is 10.8. The lowest BCUT2D eigenvalue weighted by Gasteiger charge is -2.13. The van der Waals surface area contributed by atoms with E-state index in [1.165, 1.54) is 12.1 Å². The van der Waals surface area contributed by atoms with Crippen LogP contribution in [0.4, 0.5) is 10.1 Å². The van der Waals surface area contributed by atoms with Crippen molar-refractivity contribution in [3.63, 3.8) is 0 Å². The fourth-order valence-corrected chi connectivity index (χ4v) is 3.13. The SMILES string of the molecule is Nc1cc(F)ccc1-c1nc(C2CC3CCC2O3)no1. The van der Waals surface area contributed by atoms with Gasteiger partial charge in [-0.05, 0) is 37.5 Å². The first kappa shape index (κ1) is 11.8. The molecule has 1 aromatic carbocycles. The fourth-order valence-electron chi connectivity index (χ4n) is 3.13. The highest BCUT2D eigenvalue weighted by Crippen LogP contribution is 2.43. The van der Waals surface area contributed by atoms with E-state index < -0.39 is 0 Å². The Hall–Kier alpha value is -1.95. The normalized spacial score (nSPS) is 28.1. The maximum absolute atomic E-state index is 13.1. The number of halogens is 1. The third kappa shape index (κ3) is 1.79. The average Bonchev–Trinajstić information content (AvgIpc) is 3.14. The molecule has 0 spiro atoms. The topological polar surface area (TPSA) is 74.2 Å². The Balaban J connectivity index is 1.65. The van der Waals surface area contributed by atoms with Crippen molar-refractivity contribution in [2.24, 2.45) is 0 Å². The van der Waals surface area contributed by atoms with E-state index >= 15 is 0 Å². The Morgan fingerprint density at radius 3 is 2.90 bits per heavy atom. The molecule has 2 fully saturated rings. The molecular weight excluding hydrogens is 261 g/mol. The van der Waals surface area contributed by atoms with Crippen LogP contribution in [0.15, 0.2) is 22.7 Å². The summed E-state index contributed by atoms with van der Waals surface area (Å²) < 4.78 is 24.1. The lowest BCUT2D eigenvalue weighted by molar-refractivity contribution is 0.0996. The van der Waals surface area contributed by atoms with E-state index in [-0.39, 0.29) is 17.8 Å². The van der Waals surface area contributed by atoms with Gasteiger partial charge in [-0.3, -0.25) is 0 Å². The number of nitrogen functional groups attached to an aromatic ring is 1. The van der Waals surface area contributed by atoms with Crippen LogP contribution < -0.4 is 5.73 Å². The minimum absolute atomic E-state index is 0.202. The number of nitrogens with two attached hydrogens (primary N) is 1. The zero-order chi connectivity index (χ0) is 13.7. The Morgan fingerprint density at radius 2 is 2.20 bits per heavy atom. The second-order valence-corrected chi connectivity index (χ2v) is 5.41. The molecule has 2 aromatic rings. The van der Waals surface area contributed by atoms with Crippen LogP contribution in [0.2, 0.25) is 0 Å². The van der Waals surface area contributed by atoms with Gasteiger partial charge >= 0.3 is 0 Å². The maximum Gasteiger partial charge on any atom is 0.260 e. The van der Waals surface area contributed by atoms with Gasteiger partial charge in [0, 0.05) is 5.69 Å². The first-order valence-electron chi connectivity index (χ1n) is 6.75. The second kappa shape index (κ2) is 4.28. The lowest BCUT2D eigenvalue weighted by atomic mass is 9.89. The highest BCUT2D eigenvalue weighted by Gasteiger charge is 2.43. The molecule has 3 heterocycles. The molecule has 20 heavy (non-hydrogen) atoms. The summed E-state index contributed by atoms with van der Waals surface area (Å²) >= 11 is 0. The molecule has 3 unspecified atom stereocenters. The van der Waals surface area contributed by atoms with E-state index in [1.54, 1.807) is 6.07 Å². The van der Waals surface area contributed by atoms with E-state index in [0.29, 0.717) is 29.1 Å². The molecule has 0 radical (unpaired) electrons. The molecule has 2 N–H and O–H groups in total. The maximum atomic E-state index is 13.1. The van der Waals surface area contributed by atoms with Crippen molar-refractivity contribution < 1.29 is 13.7 Å². The van der Waals surface area contributed by atoms with Crippen molar-refractivity contribution in [1.82, 2.24) is 10.1 Å². The van der Waals surface area contributed by atoms with Crippen molar-refractivity contribution in [2.45, 2.75) is 37.4 Å². The van der Waals surface area contributed by atoms with E-state index in [4.69, 9.17) is 15.0 Å². The van der Waals surface area contributed by atoms with Gasteiger partial charge in [0.1, 0.15) is 5.82 Å². The van der Waals surface area contributed by atoms with Gasteiger partial charge in [0.05, 0.1) is 23.7 Å². The molecule has 1 aromatic heterocycles. The summed E-state index contributed by atoms with van der Waals surface area (Å²) in [6.45, 7) is 0. The van der Waals surface area contributed by atoms with Crippen LogP contribution in [-0.2, 0) is 4.74 Å². The Bertz CT molecular complexity index is 658. The molecule has 6 heteroatoms. The molecule has 0 aliphatic carbocycles. The van der Waals surface area contributed by atoms with Crippen LogP contribution in [0.25, 0.3) is 11.5 Å². The molecule has 5 nitrogen and oxygen atoms in total. The number of anilines is 1. The van der Waals surface area contributed by atoms with Gasteiger partial charge in [-0.2, -0.15) is 4.98 Å². The van der Waals surface area contributed by atoms with Crippen molar-refractivity contribution in [3.8, 4) is 11.5 Å². The molecule has 2 bridgehead atoms. The third-order valence-corrected chi connectivity index (χ3v) is 4.12. The molecular formula is C14H14FN3O2. The number of hydrogen-bond donors (Lipinski definition) is 1. The van der Waals surface area contributed by atoms with Crippen LogP contribution >= 0.6 is 0 Å². The fraction of sp³-hybridized carbons (Fsp3) is 0.429. The number of rotatable bonds is 2. The van der Waals surface area contributed by atoms with E-state index in [2.05, 4.69) is 10.1 Å². The minimum Gasteiger partial charge on any atom is -0.398 e. The average molecular weight is 275 g/mol. The van der Waals surface area contributed by atoms with Crippen LogP contribution in [-0.4, -0.2) is 22.3 Å². The smallest absolute Gasteiger partial charge is 0.260 e. The molecule has 104 valence electrons. The number of ether oxygens (including phenoxy) is 1. The molecule has 0 amide bonds. The highest BCUT2D eigenvalue weighted by molar-refractivity contribution is 5.70. The standard InChI is InChI=1S/C14H14FN3O2/c15-7-1-3-9(11(16)5-7)14-17-13(18-20-14)10-6-8-2-4-12(10)19-8/h1,3,5,8,10,12H,2,4,6,16H2. The summed E-state index contributed by atoms with van der Waals surface area (Å²) in [4.78, 5) is 4.41. The predicted molar refractivity (Wildman–Crippen MR) is 69.4 cm³/mol. The molecule has 0 saturated carbocycles. The summed E-state index contributed by atoms with van der Waals surface area (Å²) in [7, 11) is 0. The van der Waals surface area contributed by atoms with Crippen LogP contribution in [0, 0.1) is 5.82 Å². The van der Waals surface area contributed by atoms with Gasteiger partial charge in [-0.25, -0.2) is 4.39 Å². The Morgan fingerprint density at radius 1 is 1.30 bits per heavy atom. The second-order valence-electron chi connectivity index (χ2n) is 5.41. The molecule has 3 atom stereocenters. The van der Waals surface area contributed by atoms with Crippen molar-refractivity contribution in [2.75, 3.05) is 5.73 Å². The third-order valence-electron chi connectivity index (χ3n) is 4.12. The van der Waals surface area contributed by atoms with Gasteiger partial charge < -0.3 is 15.0 Å². The first-order chi connectivity index (χ1) is 9.70. The first-order valence-corrected chi connectivity index (χ1v) is 6.75. The van der Waals surface area contributed by atoms with Crippen LogP contribution in [0.1, 0.15) is 31.0 Å². The van der Waals surface area contributed by atoms with Crippen molar-refractivity contribution >= 4 is 5.69 Å². The van der Waals surface area contributed by atoms with E-state index in [9.17, 15) is 4.39 Å². The van der Waals surface area contributed by atoms with Gasteiger partial charge in [-0.15, -0.1) is 0 Å². The monoisotopic (exact) mass is 275 g/mol. The molecule has 2 aliphatic rings. The highest BCUT2D eigenvalue weighted by atomic mass is 19.1. The zero-order valence-corrected chi connectivity index (χ0v) is 10.8. The number of benzene rings is 1. The van der Waals surface area contributed by atoms with Gasteiger partial charge in [-0.1, -0.05) is 5.16 Å². The number of hydrogen-bond acceptors (Lipinski definition) is 5. The number of nitrogens with zero attached hydrogens (tertiary/aromatic N) is 2. The van der Waals surface area contributed by atoms with Crippen LogP contribution in [0.5, 0.6) is 0 Å². The summed E-state index contributed by atoms with van der Waals surface area (Å²) in [5.74, 6) is 0.816. The largest absolute Gasteiger partial charge is 0.398 e. The Kier molecular flexibility index (Phi) is 2.53. The predicted octanol–water partition coefficient (Wildman–Crippen LogP) is 2.49. The van der Waals surface area contributed by atoms with Crippen molar-refractivity contribution in [1.29, 1.82) is 0 Å². The Labute approximate surface area is 114 Å². The van der Waals surface area contributed by atoms with Gasteiger partial charge in [0.15, 0.2) is 5.82 Å². The van der Waals surface area contributed by atoms with Crippen molar-refractivity contribution in [3.05, 3.63) is 29.8 Å². The van der Waals surface area contributed by atoms with E-state index in [1.807, 2.05) is 0 Å². The minimum atomic E-state index is -0.382. The van der Waals surface area contributed by atoms with E-state index in [0.717, 1.165) is 19.3 Å². The lowest BCUT2D eigenvalue weighted by Crippen LogP contribution is -2.15. The molecule has 2 saturated heterocycles. The van der Waals surface area contributed by atoms with Gasteiger partial charge in [0.2, 0.25) is 0 Å². The summed E-state index contributed by atoms with van der Waals surface area (Å²) in [5, 5.41) is 4.04. The quantitative estimate of drug-likeness (QED) is 0.852. The summed E-state index contributed by atoms with van der Waals surface area (Å²) in [6.07, 6.45) is 3.66. The number of aromatic nitrogens is 2. The molecule has 4 rings (SSSR count). The van der Waals surface area contributed by atoms with Gasteiger partial charge in [0.25, 0.3) is 5.89 Å². The summed E-state index contributed by atoms with van der Waals surface area (Å²) in [6, 6.07) is 4.13. The molecule has 2 aliphatic heterocycles. The number of fused-ring (bicyclic) bond motifs is 2.